The van der Waals surface area contributed by atoms with Crippen molar-refractivity contribution in [1.82, 2.24) is 4.98 Å². The fourth-order valence-electron chi connectivity index (χ4n) is 0.319. The number of aromatic nitrogens is 1. The molecule has 0 bridgehead atoms. The van der Waals surface area contributed by atoms with E-state index in [2.05, 4.69) is 27.6 Å². The van der Waals surface area contributed by atoms with Gasteiger partial charge < -0.3 is 4.42 Å². The standard InChI is InChI=1S/C4H4INO/c5-3-4-6-1-2-7-4/h1-2H,3H2. The van der Waals surface area contributed by atoms with Gasteiger partial charge >= 0.3 is 0 Å². The molecule has 0 aliphatic heterocycles. The van der Waals surface area contributed by atoms with Crippen LogP contribution in [0, 0.1) is 0 Å². The fourth-order valence-corrected chi connectivity index (χ4v) is 0.696. The van der Waals surface area contributed by atoms with Crippen molar-refractivity contribution < 1.29 is 4.42 Å². The summed E-state index contributed by atoms with van der Waals surface area (Å²) < 4.78 is 5.72. The summed E-state index contributed by atoms with van der Waals surface area (Å²) in [6.07, 6.45) is 3.22. The second kappa shape index (κ2) is 2.30. The minimum Gasteiger partial charge on any atom is -0.448 e. The summed E-state index contributed by atoms with van der Waals surface area (Å²) in [5.74, 6) is 0.792. The lowest BCUT2D eigenvalue weighted by Crippen LogP contribution is -1.69. The number of alkyl halides is 1. The van der Waals surface area contributed by atoms with Gasteiger partial charge in [0, 0.05) is 0 Å². The van der Waals surface area contributed by atoms with Gasteiger partial charge in [-0.25, -0.2) is 4.98 Å². The van der Waals surface area contributed by atoms with Crippen LogP contribution >= 0.6 is 22.6 Å². The van der Waals surface area contributed by atoms with E-state index in [-0.39, 0.29) is 0 Å². The van der Waals surface area contributed by atoms with E-state index in [1.807, 2.05) is 0 Å². The van der Waals surface area contributed by atoms with Crippen molar-refractivity contribution in [2.45, 2.75) is 4.43 Å². The van der Waals surface area contributed by atoms with Crippen LogP contribution in [0.5, 0.6) is 0 Å². The van der Waals surface area contributed by atoms with Gasteiger partial charge in [0.2, 0.25) is 5.89 Å². The topological polar surface area (TPSA) is 26.0 Å². The maximum absolute atomic E-state index is 4.86. The Morgan fingerprint density at radius 3 is 3.00 bits per heavy atom. The first-order chi connectivity index (χ1) is 3.43. The summed E-state index contributed by atoms with van der Waals surface area (Å²) in [4.78, 5) is 3.86. The second-order valence-corrected chi connectivity index (χ2v) is 1.82. The zero-order valence-electron chi connectivity index (χ0n) is 3.60. The van der Waals surface area contributed by atoms with Crippen LogP contribution in [0.15, 0.2) is 16.9 Å². The normalized spacial score (nSPS) is 9.29. The predicted molar refractivity (Wildman–Crippen MR) is 34.2 cm³/mol. The molecule has 2 nitrogen and oxygen atoms in total. The molecule has 0 unspecified atom stereocenters. The molecular weight excluding hydrogens is 205 g/mol. The van der Waals surface area contributed by atoms with Gasteiger partial charge in [-0.3, -0.25) is 0 Å². The molecule has 1 aromatic heterocycles. The molecule has 0 saturated heterocycles. The van der Waals surface area contributed by atoms with E-state index in [9.17, 15) is 0 Å². The molecule has 0 aliphatic rings. The Hall–Kier alpha value is -0.0600. The fraction of sp³-hybridized carbons (Fsp3) is 0.250. The molecule has 1 aromatic rings. The molecule has 0 aromatic carbocycles. The van der Waals surface area contributed by atoms with Gasteiger partial charge in [0.15, 0.2) is 0 Å². The van der Waals surface area contributed by atoms with Crippen molar-refractivity contribution in [3.05, 3.63) is 18.4 Å². The number of rotatable bonds is 1. The molecule has 38 valence electrons. The highest BCUT2D eigenvalue weighted by atomic mass is 127. The molecule has 0 saturated carbocycles. The molecule has 0 spiro atoms. The molecule has 7 heavy (non-hydrogen) atoms. The van der Waals surface area contributed by atoms with Gasteiger partial charge in [-0.15, -0.1) is 0 Å². The van der Waals surface area contributed by atoms with Crippen molar-refractivity contribution in [2.75, 3.05) is 0 Å². The highest BCUT2D eigenvalue weighted by Crippen LogP contribution is 1.99. The smallest absolute Gasteiger partial charge is 0.203 e. The quantitative estimate of drug-likeness (QED) is 0.518. The molecule has 0 N–H and O–H groups in total. The SMILES string of the molecule is ICc1ncco1. The third-order valence-electron chi connectivity index (χ3n) is 0.598. The summed E-state index contributed by atoms with van der Waals surface area (Å²) >= 11 is 2.19. The first-order valence-electron chi connectivity index (χ1n) is 1.88. The van der Waals surface area contributed by atoms with Crippen LogP contribution in [0.2, 0.25) is 0 Å². The highest BCUT2D eigenvalue weighted by molar-refractivity contribution is 14.1. The van der Waals surface area contributed by atoms with Crippen molar-refractivity contribution in [1.29, 1.82) is 0 Å². The first-order valence-corrected chi connectivity index (χ1v) is 3.40. The van der Waals surface area contributed by atoms with Crippen molar-refractivity contribution in [3.8, 4) is 0 Å². The van der Waals surface area contributed by atoms with Gasteiger partial charge in [-0.1, -0.05) is 22.6 Å². The van der Waals surface area contributed by atoms with E-state index in [0.717, 1.165) is 10.3 Å². The van der Waals surface area contributed by atoms with Crippen LogP contribution in [-0.2, 0) is 4.43 Å². The highest BCUT2D eigenvalue weighted by Gasteiger charge is 1.87. The molecule has 0 radical (unpaired) electrons. The van der Waals surface area contributed by atoms with Crippen molar-refractivity contribution >= 4 is 22.6 Å². The summed E-state index contributed by atoms with van der Waals surface area (Å²) in [5.41, 5.74) is 0. The Balaban J connectivity index is 2.76. The summed E-state index contributed by atoms with van der Waals surface area (Å²) in [6.45, 7) is 0. The molecule has 1 rings (SSSR count). The van der Waals surface area contributed by atoms with Crippen molar-refractivity contribution in [2.24, 2.45) is 0 Å². The average molecular weight is 209 g/mol. The number of nitrogens with zero attached hydrogens (tertiary/aromatic N) is 1. The van der Waals surface area contributed by atoms with Gasteiger partial charge in [0.25, 0.3) is 0 Å². The van der Waals surface area contributed by atoms with E-state index in [4.69, 9.17) is 4.42 Å². The lowest BCUT2D eigenvalue weighted by molar-refractivity contribution is 0.520. The monoisotopic (exact) mass is 209 g/mol. The second-order valence-electron chi connectivity index (χ2n) is 1.06. The van der Waals surface area contributed by atoms with Crippen LogP contribution in [-0.4, -0.2) is 4.98 Å². The van der Waals surface area contributed by atoms with E-state index < -0.39 is 0 Å². The van der Waals surface area contributed by atoms with E-state index in [0.29, 0.717) is 0 Å². The van der Waals surface area contributed by atoms with Crippen LogP contribution in [0.3, 0.4) is 0 Å². The molecule has 0 atom stereocenters. The number of halogens is 1. The minimum absolute atomic E-state index is 0.792. The third-order valence-corrected chi connectivity index (χ3v) is 1.25. The Morgan fingerprint density at radius 2 is 2.71 bits per heavy atom. The van der Waals surface area contributed by atoms with Crippen molar-refractivity contribution in [3.63, 3.8) is 0 Å². The number of hydrogen-bond acceptors (Lipinski definition) is 2. The maximum Gasteiger partial charge on any atom is 0.203 e. The van der Waals surface area contributed by atoms with E-state index in [1.54, 1.807) is 12.5 Å². The van der Waals surface area contributed by atoms with Gasteiger partial charge in [0.05, 0.1) is 10.6 Å². The van der Waals surface area contributed by atoms with Gasteiger partial charge in [-0.2, -0.15) is 0 Å². The van der Waals surface area contributed by atoms with Crippen LogP contribution in [0.4, 0.5) is 0 Å². The maximum atomic E-state index is 4.86. The van der Waals surface area contributed by atoms with Crippen LogP contribution < -0.4 is 0 Å². The van der Waals surface area contributed by atoms with E-state index in [1.165, 1.54) is 0 Å². The van der Waals surface area contributed by atoms with Gasteiger partial charge in [-0.05, 0) is 0 Å². The Kier molecular flexibility index (Phi) is 1.67. The summed E-state index contributed by atoms with van der Waals surface area (Å²) in [6, 6.07) is 0. The Labute approximate surface area is 55.1 Å². The lowest BCUT2D eigenvalue weighted by Gasteiger charge is -1.76. The molecule has 0 aliphatic carbocycles. The van der Waals surface area contributed by atoms with Crippen LogP contribution in [0.25, 0.3) is 0 Å². The van der Waals surface area contributed by atoms with Crippen LogP contribution in [0.1, 0.15) is 5.89 Å². The molecule has 3 heteroatoms. The first kappa shape index (κ1) is 5.08. The molecule has 1 heterocycles. The average Bonchev–Trinajstić information content (AvgIpc) is 2.14. The predicted octanol–water partition coefficient (Wildman–Crippen LogP) is 1.61. The molecule has 0 fully saturated rings. The Morgan fingerprint density at radius 1 is 1.86 bits per heavy atom. The number of hydrogen-bond donors (Lipinski definition) is 0. The number of oxazole rings is 1. The third kappa shape index (κ3) is 1.15. The molecule has 0 amide bonds. The lowest BCUT2D eigenvalue weighted by atomic mass is 10.8. The Bertz CT molecular complexity index is 126. The largest absolute Gasteiger partial charge is 0.448 e. The summed E-state index contributed by atoms with van der Waals surface area (Å²) in [7, 11) is 0. The zero-order valence-corrected chi connectivity index (χ0v) is 5.75. The summed E-state index contributed by atoms with van der Waals surface area (Å²) in [5, 5.41) is 0. The van der Waals surface area contributed by atoms with Gasteiger partial charge in [0.1, 0.15) is 6.26 Å². The minimum atomic E-state index is 0.792. The molecular formula is C4H4INO. The van der Waals surface area contributed by atoms with E-state index >= 15 is 0 Å². The zero-order chi connectivity index (χ0) is 5.11.